The smallest absolute Gasteiger partial charge is 0.303 e. The van der Waals surface area contributed by atoms with E-state index in [9.17, 15) is 9.59 Å². The Morgan fingerprint density at radius 1 is 1.52 bits per heavy atom. The quantitative estimate of drug-likeness (QED) is 0.856. The molecule has 7 heteroatoms. The van der Waals surface area contributed by atoms with Gasteiger partial charge >= 0.3 is 5.97 Å². The van der Waals surface area contributed by atoms with E-state index < -0.39 is 5.97 Å². The molecule has 2 aromatic heterocycles. The highest BCUT2D eigenvalue weighted by Crippen LogP contribution is 2.27. The summed E-state index contributed by atoms with van der Waals surface area (Å²) in [5.41, 5.74) is 0.355. The molecule has 2 heterocycles. The molecule has 0 bridgehead atoms. The molecule has 2 rings (SSSR count). The van der Waals surface area contributed by atoms with Crippen molar-refractivity contribution < 1.29 is 19.1 Å². The molecule has 0 aliphatic carbocycles. The SMILES string of the molecule is Cc1sc(-c2ccco2)nc1C(=O)NC(C)CCC(=O)O. The number of furan rings is 1. The molecule has 0 radical (unpaired) electrons. The molecule has 0 spiro atoms. The van der Waals surface area contributed by atoms with Crippen molar-refractivity contribution in [3.8, 4) is 10.8 Å². The van der Waals surface area contributed by atoms with Gasteiger partial charge in [0, 0.05) is 17.3 Å². The number of nitrogens with one attached hydrogen (secondary N) is 1. The number of aromatic nitrogens is 1. The van der Waals surface area contributed by atoms with E-state index in [-0.39, 0.29) is 18.4 Å². The number of hydrogen-bond donors (Lipinski definition) is 2. The lowest BCUT2D eigenvalue weighted by Crippen LogP contribution is -2.33. The second-order valence-corrected chi connectivity index (χ2v) is 5.91. The number of aliphatic carboxylic acids is 1. The van der Waals surface area contributed by atoms with E-state index in [0.717, 1.165) is 4.88 Å². The molecule has 0 aromatic carbocycles. The number of carboxylic acids is 1. The van der Waals surface area contributed by atoms with Crippen LogP contribution in [0.1, 0.15) is 35.1 Å². The summed E-state index contributed by atoms with van der Waals surface area (Å²) in [6, 6.07) is 3.33. The van der Waals surface area contributed by atoms with Crippen LogP contribution < -0.4 is 5.32 Å². The summed E-state index contributed by atoms with van der Waals surface area (Å²) in [4.78, 5) is 27.8. The van der Waals surface area contributed by atoms with E-state index in [1.54, 1.807) is 25.3 Å². The minimum Gasteiger partial charge on any atom is -0.481 e. The van der Waals surface area contributed by atoms with Gasteiger partial charge in [0.25, 0.3) is 5.91 Å². The highest BCUT2D eigenvalue weighted by molar-refractivity contribution is 7.15. The second kappa shape index (κ2) is 6.53. The molecule has 21 heavy (non-hydrogen) atoms. The first-order valence-corrected chi connectivity index (χ1v) is 7.33. The van der Waals surface area contributed by atoms with Crippen LogP contribution in [0.5, 0.6) is 0 Å². The van der Waals surface area contributed by atoms with E-state index in [4.69, 9.17) is 9.52 Å². The van der Waals surface area contributed by atoms with Crippen LogP contribution in [0.2, 0.25) is 0 Å². The van der Waals surface area contributed by atoms with Crippen LogP contribution >= 0.6 is 11.3 Å². The summed E-state index contributed by atoms with van der Waals surface area (Å²) in [6.07, 6.45) is 1.96. The van der Waals surface area contributed by atoms with Gasteiger partial charge in [-0.15, -0.1) is 11.3 Å². The predicted molar refractivity (Wildman–Crippen MR) is 78.4 cm³/mol. The van der Waals surface area contributed by atoms with Crippen LogP contribution in [-0.4, -0.2) is 28.0 Å². The number of rotatable bonds is 6. The maximum atomic E-state index is 12.2. The zero-order valence-electron chi connectivity index (χ0n) is 11.8. The topological polar surface area (TPSA) is 92.4 Å². The van der Waals surface area contributed by atoms with Crippen molar-refractivity contribution in [2.24, 2.45) is 0 Å². The summed E-state index contributed by atoms with van der Waals surface area (Å²) in [7, 11) is 0. The number of carbonyl (C=O) groups is 2. The minimum atomic E-state index is -0.874. The lowest BCUT2D eigenvalue weighted by molar-refractivity contribution is -0.137. The number of carbonyl (C=O) groups excluding carboxylic acids is 1. The fourth-order valence-electron chi connectivity index (χ4n) is 1.82. The molecule has 112 valence electrons. The molecule has 1 atom stereocenters. The monoisotopic (exact) mass is 308 g/mol. The van der Waals surface area contributed by atoms with Crippen molar-refractivity contribution in [2.75, 3.05) is 0 Å². The minimum absolute atomic E-state index is 0.0230. The third-order valence-corrected chi connectivity index (χ3v) is 3.90. The zero-order valence-corrected chi connectivity index (χ0v) is 12.6. The van der Waals surface area contributed by atoms with Gasteiger partial charge in [0.15, 0.2) is 10.8 Å². The summed E-state index contributed by atoms with van der Waals surface area (Å²) in [5, 5.41) is 12.0. The summed E-state index contributed by atoms with van der Waals surface area (Å²) in [5.74, 6) is -0.540. The Hall–Kier alpha value is -2.15. The number of aryl methyl sites for hydroxylation is 1. The van der Waals surface area contributed by atoms with E-state index >= 15 is 0 Å². The molecule has 2 aromatic rings. The Kier molecular flexibility index (Phi) is 4.74. The van der Waals surface area contributed by atoms with E-state index in [0.29, 0.717) is 22.9 Å². The maximum Gasteiger partial charge on any atom is 0.303 e. The fourth-order valence-corrected chi connectivity index (χ4v) is 2.70. The Morgan fingerprint density at radius 3 is 2.90 bits per heavy atom. The van der Waals surface area contributed by atoms with Crippen molar-refractivity contribution in [1.29, 1.82) is 0 Å². The van der Waals surface area contributed by atoms with Gasteiger partial charge in [-0.05, 0) is 32.4 Å². The van der Waals surface area contributed by atoms with Crippen molar-refractivity contribution >= 4 is 23.2 Å². The molecule has 1 unspecified atom stereocenters. The van der Waals surface area contributed by atoms with Crippen LogP contribution in [0.4, 0.5) is 0 Å². The van der Waals surface area contributed by atoms with Crippen molar-refractivity contribution in [2.45, 2.75) is 32.7 Å². The normalized spacial score (nSPS) is 12.1. The number of nitrogens with zero attached hydrogens (tertiary/aromatic N) is 1. The van der Waals surface area contributed by atoms with Crippen LogP contribution in [0.25, 0.3) is 10.8 Å². The summed E-state index contributed by atoms with van der Waals surface area (Å²) in [6.45, 7) is 3.59. The Bertz CT molecular complexity index is 633. The highest BCUT2D eigenvalue weighted by atomic mass is 32.1. The van der Waals surface area contributed by atoms with E-state index in [1.807, 2.05) is 6.92 Å². The van der Waals surface area contributed by atoms with Gasteiger partial charge in [0.1, 0.15) is 5.69 Å². The second-order valence-electron chi connectivity index (χ2n) is 4.71. The molecule has 1 amide bonds. The molecule has 0 aliphatic heterocycles. The van der Waals surface area contributed by atoms with Gasteiger partial charge in [-0.2, -0.15) is 0 Å². The summed E-state index contributed by atoms with van der Waals surface area (Å²) >= 11 is 1.39. The zero-order chi connectivity index (χ0) is 15.4. The predicted octanol–water partition coefficient (Wildman–Crippen LogP) is 2.69. The van der Waals surface area contributed by atoms with Crippen LogP contribution in [0.15, 0.2) is 22.8 Å². The van der Waals surface area contributed by atoms with Crippen LogP contribution in [-0.2, 0) is 4.79 Å². The summed E-state index contributed by atoms with van der Waals surface area (Å²) < 4.78 is 5.26. The number of amides is 1. The lowest BCUT2D eigenvalue weighted by Gasteiger charge is -2.11. The Balaban J connectivity index is 2.04. The largest absolute Gasteiger partial charge is 0.481 e. The van der Waals surface area contributed by atoms with Gasteiger partial charge in [-0.25, -0.2) is 4.98 Å². The molecule has 2 N–H and O–H groups in total. The highest BCUT2D eigenvalue weighted by Gasteiger charge is 2.19. The Morgan fingerprint density at radius 2 is 2.29 bits per heavy atom. The molecular formula is C14H16N2O4S. The molecule has 0 saturated heterocycles. The van der Waals surface area contributed by atoms with Gasteiger partial charge in [-0.3, -0.25) is 9.59 Å². The number of carboxylic acid groups (broad SMARTS) is 1. The van der Waals surface area contributed by atoms with Crippen molar-refractivity contribution in [1.82, 2.24) is 10.3 Å². The van der Waals surface area contributed by atoms with Crippen LogP contribution in [0, 0.1) is 6.92 Å². The lowest BCUT2D eigenvalue weighted by atomic mass is 10.2. The first-order chi connectivity index (χ1) is 9.97. The average molecular weight is 308 g/mol. The third kappa shape index (κ3) is 3.91. The molecule has 0 saturated carbocycles. The third-order valence-electron chi connectivity index (χ3n) is 2.91. The molecule has 6 nitrogen and oxygen atoms in total. The number of hydrogen-bond acceptors (Lipinski definition) is 5. The van der Waals surface area contributed by atoms with Crippen molar-refractivity contribution in [3.63, 3.8) is 0 Å². The molecule has 0 fully saturated rings. The number of thiazole rings is 1. The van der Waals surface area contributed by atoms with Crippen LogP contribution in [0.3, 0.4) is 0 Å². The van der Waals surface area contributed by atoms with Gasteiger partial charge in [-0.1, -0.05) is 0 Å². The van der Waals surface area contributed by atoms with Gasteiger partial charge < -0.3 is 14.8 Å². The van der Waals surface area contributed by atoms with Gasteiger partial charge in [0.05, 0.1) is 6.26 Å². The first-order valence-electron chi connectivity index (χ1n) is 6.51. The van der Waals surface area contributed by atoms with Crippen molar-refractivity contribution in [3.05, 3.63) is 29.0 Å². The first kappa shape index (κ1) is 15.2. The standard InChI is InChI=1S/C14H16N2O4S/c1-8(5-6-11(17)18)15-13(19)12-9(2)21-14(16-12)10-4-3-7-20-10/h3-4,7-8H,5-6H2,1-2H3,(H,15,19)(H,17,18). The maximum absolute atomic E-state index is 12.2. The fraction of sp³-hybridized carbons (Fsp3) is 0.357. The Labute approximate surface area is 125 Å². The average Bonchev–Trinajstić information content (AvgIpc) is 3.05. The van der Waals surface area contributed by atoms with E-state index in [1.165, 1.54) is 11.3 Å². The van der Waals surface area contributed by atoms with Gasteiger partial charge in [0.2, 0.25) is 0 Å². The molecular weight excluding hydrogens is 292 g/mol. The molecule has 0 aliphatic rings. The van der Waals surface area contributed by atoms with E-state index in [2.05, 4.69) is 10.3 Å².